The highest BCUT2D eigenvalue weighted by molar-refractivity contribution is 6.33. The third kappa shape index (κ3) is 2.53. The standard InChI is InChI=1S/C14H9ClF3N3O2/c1-7-9(6-19)13(12(23)20-7,14(16,17)18)21-11(22)8-4-2-3-5-10(8)15/h2-5,9H,1H2,(H,20,23)(H,21,22)/t9-,13+/m0/s1. The van der Waals surface area contributed by atoms with Gasteiger partial charge < -0.3 is 10.6 Å². The minimum absolute atomic E-state index is 0.0898. The lowest BCUT2D eigenvalue weighted by Crippen LogP contribution is -2.66. The molecule has 2 rings (SSSR count). The van der Waals surface area contributed by atoms with Crippen molar-refractivity contribution in [3.05, 3.63) is 47.1 Å². The van der Waals surface area contributed by atoms with Crippen LogP contribution in [-0.4, -0.2) is 23.5 Å². The van der Waals surface area contributed by atoms with Crippen molar-refractivity contribution in [1.82, 2.24) is 10.6 Å². The number of carbonyl (C=O) groups is 2. The number of halogens is 4. The second-order valence-corrected chi connectivity index (χ2v) is 5.19. The SMILES string of the molecule is C=C1NC(=O)[C@@](NC(=O)c2ccccc2Cl)(C(F)(F)F)[C@H]1C#N. The first-order valence-electron chi connectivity index (χ1n) is 6.18. The van der Waals surface area contributed by atoms with Gasteiger partial charge in [0.25, 0.3) is 11.8 Å². The average Bonchev–Trinajstić information content (AvgIpc) is 2.69. The lowest BCUT2D eigenvalue weighted by molar-refractivity contribution is -0.197. The Morgan fingerprint density at radius 1 is 1.43 bits per heavy atom. The highest BCUT2D eigenvalue weighted by Gasteiger charge is 2.70. The van der Waals surface area contributed by atoms with Gasteiger partial charge >= 0.3 is 6.18 Å². The molecule has 0 spiro atoms. The molecule has 23 heavy (non-hydrogen) atoms. The minimum Gasteiger partial charge on any atom is -0.329 e. The van der Waals surface area contributed by atoms with Crippen molar-refractivity contribution in [1.29, 1.82) is 5.26 Å². The van der Waals surface area contributed by atoms with Crippen LogP contribution in [0.3, 0.4) is 0 Å². The predicted molar refractivity (Wildman–Crippen MR) is 74.1 cm³/mol. The Morgan fingerprint density at radius 2 is 2.04 bits per heavy atom. The molecular formula is C14H9ClF3N3O2. The Kier molecular flexibility index (Phi) is 4.09. The van der Waals surface area contributed by atoms with E-state index < -0.39 is 35.1 Å². The van der Waals surface area contributed by atoms with Gasteiger partial charge in [0.05, 0.1) is 16.7 Å². The van der Waals surface area contributed by atoms with Crippen molar-refractivity contribution in [3.63, 3.8) is 0 Å². The summed E-state index contributed by atoms with van der Waals surface area (Å²) in [5.74, 6) is -4.79. The summed E-state index contributed by atoms with van der Waals surface area (Å²) in [6, 6.07) is 6.76. The number of benzene rings is 1. The molecular weight excluding hydrogens is 335 g/mol. The number of nitriles is 1. The van der Waals surface area contributed by atoms with Crippen LogP contribution in [0, 0.1) is 17.2 Å². The summed E-state index contributed by atoms with van der Waals surface area (Å²) < 4.78 is 40.7. The third-order valence-corrected chi connectivity index (χ3v) is 3.75. The van der Waals surface area contributed by atoms with Crippen molar-refractivity contribution in [2.45, 2.75) is 11.7 Å². The van der Waals surface area contributed by atoms with E-state index in [1.54, 1.807) is 5.32 Å². The summed E-state index contributed by atoms with van der Waals surface area (Å²) in [5.41, 5.74) is -4.11. The maximum atomic E-state index is 13.6. The molecule has 2 atom stereocenters. The summed E-state index contributed by atoms with van der Waals surface area (Å²) in [6.45, 7) is 3.23. The zero-order valence-corrected chi connectivity index (χ0v) is 12.1. The lowest BCUT2D eigenvalue weighted by atomic mass is 9.84. The highest BCUT2D eigenvalue weighted by atomic mass is 35.5. The van der Waals surface area contributed by atoms with E-state index in [1.807, 2.05) is 5.32 Å². The van der Waals surface area contributed by atoms with Crippen molar-refractivity contribution < 1.29 is 22.8 Å². The molecule has 5 nitrogen and oxygen atoms in total. The van der Waals surface area contributed by atoms with Crippen LogP contribution in [0.4, 0.5) is 13.2 Å². The van der Waals surface area contributed by atoms with Gasteiger partial charge in [-0.05, 0) is 12.1 Å². The fourth-order valence-corrected chi connectivity index (χ4v) is 2.49. The first kappa shape index (κ1) is 16.8. The van der Waals surface area contributed by atoms with Crippen LogP contribution in [0.1, 0.15) is 10.4 Å². The predicted octanol–water partition coefficient (Wildman–Crippen LogP) is 2.15. The second kappa shape index (κ2) is 5.59. The summed E-state index contributed by atoms with van der Waals surface area (Å²) in [5, 5.41) is 12.4. The lowest BCUT2D eigenvalue weighted by Gasteiger charge is -2.32. The van der Waals surface area contributed by atoms with E-state index in [9.17, 15) is 22.8 Å². The molecule has 0 aliphatic carbocycles. The molecule has 2 amide bonds. The van der Waals surface area contributed by atoms with Crippen molar-refractivity contribution in [3.8, 4) is 6.07 Å². The van der Waals surface area contributed by atoms with Crippen LogP contribution in [0.25, 0.3) is 0 Å². The maximum Gasteiger partial charge on any atom is 0.422 e. The number of nitrogens with zero attached hydrogens (tertiary/aromatic N) is 1. The van der Waals surface area contributed by atoms with Gasteiger partial charge in [-0.15, -0.1) is 0 Å². The Balaban J connectivity index is 2.52. The normalized spacial score (nSPS) is 24.0. The third-order valence-electron chi connectivity index (χ3n) is 3.42. The number of carbonyl (C=O) groups excluding carboxylic acids is 2. The Bertz CT molecular complexity index is 742. The van der Waals surface area contributed by atoms with E-state index >= 15 is 0 Å². The number of rotatable bonds is 2. The van der Waals surface area contributed by atoms with Gasteiger partial charge in [-0.2, -0.15) is 18.4 Å². The monoisotopic (exact) mass is 343 g/mol. The fourth-order valence-electron chi connectivity index (χ4n) is 2.27. The highest BCUT2D eigenvalue weighted by Crippen LogP contribution is 2.42. The van der Waals surface area contributed by atoms with Gasteiger partial charge in [-0.25, -0.2) is 0 Å². The molecule has 1 heterocycles. The molecule has 0 bridgehead atoms. The quantitative estimate of drug-likeness (QED) is 0.863. The number of alkyl halides is 3. The van der Waals surface area contributed by atoms with Gasteiger partial charge in [0.1, 0.15) is 5.92 Å². The molecule has 9 heteroatoms. The largest absolute Gasteiger partial charge is 0.422 e. The van der Waals surface area contributed by atoms with Crippen LogP contribution in [0.2, 0.25) is 5.02 Å². The number of nitrogens with one attached hydrogen (secondary N) is 2. The number of hydrogen-bond acceptors (Lipinski definition) is 3. The molecule has 0 saturated carbocycles. The van der Waals surface area contributed by atoms with E-state index in [2.05, 4.69) is 6.58 Å². The molecule has 1 aliphatic rings. The van der Waals surface area contributed by atoms with Gasteiger partial charge in [0.2, 0.25) is 5.54 Å². The van der Waals surface area contributed by atoms with Gasteiger partial charge in [-0.1, -0.05) is 30.3 Å². The van der Waals surface area contributed by atoms with Crippen LogP contribution < -0.4 is 10.6 Å². The zero-order valence-electron chi connectivity index (χ0n) is 11.4. The van der Waals surface area contributed by atoms with Gasteiger partial charge in [0.15, 0.2) is 0 Å². The van der Waals surface area contributed by atoms with E-state index in [4.69, 9.17) is 16.9 Å². The molecule has 1 saturated heterocycles. The molecule has 2 N–H and O–H groups in total. The fraction of sp³-hybridized carbons (Fsp3) is 0.214. The second-order valence-electron chi connectivity index (χ2n) is 4.78. The van der Waals surface area contributed by atoms with Crippen LogP contribution in [-0.2, 0) is 4.79 Å². The van der Waals surface area contributed by atoms with Crippen molar-refractivity contribution in [2.24, 2.45) is 5.92 Å². The molecule has 120 valence electrons. The molecule has 1 aromatic carbocycles. The van der Waals surface area contributed by atoms with E-state index in [-0.39, 0.29) is 10.6 Å². The molecule has 1 aliphatic heterocycles. The average molecular weight is 344 g/mol. The van der Waals surface area contributed by atoms with Crippen molar-refractivity contribution in [2.75, 3.05) is 0 Å². The first-order valence-corrected chi connectivity index (χ1v) is 6.56. The summed E-state index contributed by atoms with van der Waals surface area (Å²) in [4.78, 5) is 24.1. The minimum atomic E-state index is -5.21. The Hall–Kier alpha value is -2.53. The zero-order chi connectivity index (χ0) is 17.4. The summed E-state index contributed by atoms with van der Waals surface area (Å²) >= 11 is 5.77. The molecule has 0 aromatic heterocycles. The van der Waals surface area contributed by atoms with Crippen LogP contribution in [0.15, 0.2) is 36.5 Å². The summed E-state index contributed by atoms with van der Waals surface area (Å²) in [7, 11) is 0. The molecule has 1 fully saturated rings. The van der Waals surface area contributed by atoms with Crippen LogP contribution in [0.5, 0.6) is 0 Å². The Labute approximate surface area is 133 Å². The number of hydrogen-bond donors (Lipinski definition) is 2. The van der Waals surface area contributed by atoms with E-state index in [1.165, 1.54) is 30.3 Å². The van der Waals surface area contributed by atoms with E-state index in [0.29, 0.717) is 0 Å². The first-order chi connectivity index (χ1) is 10.6. The van der Waals surface area contributed by atoms with Crippen LogP contribution >= 0.6 is 11.6 Å². The number of amides is 2. The van der Waals surface area contributed by atoms with Gasteiger partial charge in [0, 0.05) is 5.70 Å². The van der Waals surface area contributed by atoms with Crippen molar-refractivity contribution >= 4 is 23.4 Å². The maximum absolute atomic E-state index is 13.6. The van der Waals surface area contributed by atoms with E-state index in [0.717, 1.165) is 0 Å². The Morgan fingerprint density at radius 3 is 2.57 bits per heavy atom. The molecule has 0 radical (unpaired) electrons. The summed E-state index contributed by atoms with van der Waals surface area (Å²) in [6.07, 6.45) is -5.21. The molecule has 1 aromatic rings. The van der Waals surface area contributed by atoms with Gasteiger partial charge in [-0.3, -0.25) is 9.59 Å². The molecule has 0 unspecified atom stereocenters. The smallest absolute Gasteiger partial charge is 0.329 e. The topological polar surface area (TPSA) is 82.0 Å².